The lowest BCUT2D eigenvalue weighted by Gasteiger charge is -2.27. The second kappa shape index (κ2) is 3.99. The van der Waals surface area contributed by atoms with Crippen LogP contribution in [0.3, 0.4) is 0 Å². The summed E-state index contributed by atoms with van der Waals surface area (Å²) in [6, 6.07) is 4.45. The highest BCUT2D eigenvalue weighted by Crippen LogP contribution is 2.36. The summed E-state index contributed by atoms with van der Waals surface area (Å²) >= 11 is 7.59. The van der Waals surface area contributed by atoms with Gasteiger partial charge in [-0.2, -0.15) is 0 Å². The summed E-state index contributed by atoms with van der Waals surface area (Å²) in [6.07, 6.45) is 5.00. The molecule has 2 unspecified atom stereocenters. The molecule has 72 valence electrons. The summed E-state index contributed by atoms with van der Waals surface area (Å²) < 4.78 is 0.882. The SMILES string of the molecule is NC1CCCCC1c1ccc(Cl)s1. The zero-order valence-corrected chi connectivity index (χ0v) is 9.07. The molecule has 0 amide bonds. The first-order valence-corrected chi connectivity index (χ1v) is 5.97. The third-order valence-corrected chi connectivity index (χ3v) is 4.14. The minimum Gasteiger partial charge on any atom is -0.327 e. The van der Waals surface area contributed by atoms with Crippen LogP contribution in [0.1, 0.15) is 36.5 Å². The van der Waals surface area contributed by atoms with Crippen molar-refractivity contribution in [1.82, 2.24) is 0 Å². The molecule has 1 aliphatic carbocycles. The first-order chi connectivity index (χ1) is 6.27. The maximum atomic E-state index is 6.08. The molecule has 2 N–H and O–H groups in total. The van der Waals surface area contributed by atoms with Crippen molar-refractivity contribution < 1.29 is 0 Å². The summed E-state index contributed by atoms with van der Waals surface area (Å²) in [5.41, 5.74) is 6.08. The minimum atomic E-state index is 0.350. The van der Waals surface area contributed by atoms with Crippen molar-refractivity contribution in [3.05, 3.63) is 21.3 Å². The Labute approximate surface area is 87.9 Å². The third-order valence-electron chi connectivity index (χ3n) is 2.78. The molecule has 0 radical (unpaired) electrons. The minimum absolute atomic E-state index is 0.350. The molecule has 3 heteroatoms. The predicted octanol–water partition coefficient (Wildman–Crippen LogP) is 3.39. The van der Waals surface area contributed by atoms with Gasteiger partial charge in [0.1, 0.15) is 0 Å². The van der Waals surface area contributed by atoms with E-state index in [2.05, 4.69) is 6.07 Å². The van der Waals surface area contributed by atoms with E-state index in [0.717, 1.165) is 4.34 Å². The summed E-state index contributed by atoms with van der Waals surface area (Å²) in [6.45, 7) is 0. The molecule has 0 aliphatic heterocycles. The summed E-state index contributed by atoms with van der Waals surface area (Å²) in [4.78, 5) is 1.37. The Morgan fingerprint density at radius 2 is 2.08 bits per heavy atom. The molecule has 1 aromatic rings. The second-order valence-electron chi connectivity index (χ2n) is 3.70. The molecule has 0 saturated heterocycles. The van der Waals surface area contributed by atoms with E-state index in [1.54, 1.807) is 11.3 Å². The lowest BCUT2D eigenvalue weighted by atomic mass is 9.84. The fraction of sp³-hybridized carbons (Fsp3) is 0.600. The highest BCUT2D eigenvalue weighted by Gasteiger charge is 2.24. The number of hydrogen-bond donors (Lipinski definition) is 1. The molecule has 2 atom stereocenters. The Kier molecular flexibility index (Phi) is 2.92. The lowest BCUT2D eigenvalue weighted by Crippen LogP contribution is -2.30. The van der Waals surface area contributed by atoms with Gasteiger partial charge in [0.15, 0.2) is 0 Å². The van der Waals surface area contributed by atoms with Gasteiger partial charge < -0.3 is 5.73 Å². The van der Waals surface area contributed by atoms with Gasteiger partial charge in [-0.05, 0) is 25.0 Å². The Morgan fingerprint density at radius 1 is 1.31 bits per heavy atom. The summed E-state index contributed by atoms with van der Waals surface area (Å²) in [5.74, 6) is 0.561. The highest BCUT2D eigenvalue weighted by atomic mass is 35.5. The van der Waals surface area contributed by atoms with Gasteiger partial charge in [0.05, 0.1) is 4.34 Å². The molecule has 1 fully saturated rings. The van der Waals surface area contributed by atoms with E-state index >= 15 is 0 Å². The van der Waals surface area contributed by atoms with Gasteiger partial charge >= 0.3 is 0 Å². The van der Waals surface area contributed by atoms with E-state index in [1.165, 1.54) is 30.6 Å². The molecule has 2 rings (SSSR count). The molecule has 0 aromatic carbocycles. The van der Waals surface area contributed by atoms with Crippen LogP contribution in [0, 0.1) is 0 Å². The van der Waals surface area contributed by atoms with E-state index in [4.69, 9.17) is 17.3 Å². The van der Waals surface area contributed by atoms with Crippen LogP contribution in [0.5, 0.6) is 0 Å². The number of nitrogens with two attached hydrogens (primary N) is 1. The van der Waals surface area contributed by atoms with Crippen LogP contribution in [0.25, 0.3) is 0 Å². The Morgan fingerprint density at radius 3 is 2.69 bits per heavy atom. The van der Waals surface area contributed by atoms with Crippen molar-refractivity contribution in [2.45, 2.75) is 37.6 Å². The van der Waals surface area contributed by atoms with Gasteiger partial charge in [-0.3, -0.25) is 0 Å². The molecule has 1 aliphatic rings. The monoisotopic (exact) mass is 215 g/mol. The van der Waals surface area contributed by atoms with Crippen molar-refractivity contribution in [3.63, 3.8) is 0 Å². The van der Waals surface area contributed by atoms with Gasteiger partial charge in [0, 0.05) is 16.8 Å². The average Bonchev–Trinajstić information content (AvgIpc) is 2.53. The fourth-order valence-electron chi connectivity index (χ4n) is 2.04. The largest absolute Gasteiger partial charge is 0.327 e. The molecule has 1 aromatic heterocycles. The van der Waals surface area contributed by atoms with Crippen molar-refractivity contribution >= 4 is 22.9 Å². The van der Waals surface area contributed by atoms with Crippen molar-refractivity contribution in [2.24, 2.45) is 5.73 Å². The molecular weight excluding hydrogens is 202 g/mol. The lowest BCUT2D eigenvalue weighted by molar-refractivity contribution is 0.389. The first-order valence-electron chi connectivity index (χ1n) is 4.78. The van der Waals surface area contributed by atoms with E-state index in [0.29, 0.717) is 12.0 Å². The Balaban J connectivity index is 2.14. The number of halogens is 1. The van der Waals surface area contributed by atoms with Crippen LogP contribution >= 0.6 is 22.9 Å². The number of rotatable bonds is 1. The molecule has 1 heterocycles. The zero-order chi connectivity index (χ0) is 9.26. The maximum Gasteiger partial charge on any atom is 0.0931 e. The smallest absolute Gasteiger partial charge is 0.0931 e. The van der Waals surface area contributed by atoms with Gasteiger partial charge in [0.25, 0.3) is 0 Å². The highest BCUT2D eigenvalue weighted by molar-refractivity contribution is 7.16. The molecular formula is C10H14ClNS. The zero-order valence-electron chi connectivity index (χ0n) is 7.50. The van der Waals surface area contributed by atoms with Crippen LogP contribution in [0.2, 0.25) is 4.34 Å². The quantitative estimate of drug-likeness (QED) is 0.764. The van der Waals surface area contributed by atoms with Crippen molar-refractivity contribution in [2.75, 3.05) is 0 Å². The first kappa shape index (κ1) is 9.50. The third kappa shape index (κ3) is 2.06. The summed E-state index contributed by atoms with van der Waals surface area (Å²) in [7, 11) is 0. The van der Waals surface area contributed by atoms with Crippen LogP contribution in [0.4, 0.5) is 0 Å². The van der Waals surface area contributed by atoms with Crippen LogP contribution in [0.15, 0.2) is 12.1 Å². The molecule has 13 heavy (non-hydrogen) atoms. The maximum absolute atomic E-state index is 6.08. The molecule has 0 bridgehead atoms. The Bertz CT molecular complexity index is 284. The van der Waals surface area contributed by atoms with Gasteiger partial charge in [-0.15, -0.1) is 11.3 Å². The average molecular weight is 216 g/mol. The van der Waals surface area contributed by atoms with E-state index in [1.807, 2.05) is 6.07 Å². The van der Waals surface area contributed by atoms with Crippen LogP contribution in [-0.4, -0.2) is 6.04 Å². The molecule has 1 nitrogen and oxygen atoms in total. The van der Waals surface area contributed by atoms with Crippen molar-refractivity contribution in [3.8, 4) is 0 Å². The van der Waals surface area contributed by atoms with Gasteiger partial charge in [0.2, 0.25) is 0 Å². The fourth-order valence-corrected chi connectivity index (χ4v) is 3.31. The number of hydrogen-bond acceptors (Lipinski definition) is 2. The number of thiophene rings is 1. The van der Waals surface area contributed by atoms with Crippen molar-refractivity contribution in [1.29, 1.82) is 0 Å². The van der Waals surface area contributed by atoms with E-state index in [9.17, 15) is 0 Å². The van der Waals surface area contributed by atoms with E-state index in [-0.39, 0.29) is 0 Å². The van der Waals surface area contributed by atoms with Crippen LogP contribution in [-0.2, 0) is 0 Å². The topological polar surface area (TPSA) is 26.0 Å². The second-order valence-corrected chi connectivity index (χ2v) is 5.44. The molecule has 1 saturated carbocycles. The normalized spacial score (nSPS) is 29.1. The van der Waals surface area contributed by atoms with Gasteiger partial charge in [-0.1, -0.05) is 24.4 Å². The van der Waals surface area contributed by atoms with Crippen LogP contribution < -0.4 is 5.73 Å². The van der Waals surface area contributed by atoms with E-state index < -0.39 is 0 Å². The van der Waals surface area contributed by atoms with Gasteiger partial charge in [-0.25, -0.2) is 0 Å². The molecule has 0 spiro atoms. The predicted molar refractivity (Wildman–Crippen MR) is 58.5 cm³/mol. The standard InChI is InChI=1S/C10H14ClNS/c11-10-6-5-9(13-10)7-3-1-2-4-8(7)12/h5-8H,1-4,12H2. The Hall–Kier alpha value is -0.0500. The summed E-state index contributed by atoms with van der Waals surface area (Å²) in [5, 5.41) is 0.